The van der Waals surface area contributed by atoms with Crippen LogP contribution in [0, 0.1) is 23.7 Å². The average Bonchev–Trinajstić information content (AvgIpc) is 2.89. The standard InChI is InChI=1S/C19H20N2O3/c22-15(20-10-12-4-2-1-3-5-12)11-21-18(23)16-13-6-7-14(9-8-13)17(16)19(21)24/h1-7,13-14,16-17H,8-11H2,(H,20,22). The van der Waals surface area contributed by atoms with E-state index in [-0.39, 0.29) is 47.9 Å². The van der Waals surface area contributed by atoms with E-state index in [1.807, 2.05) is 30.3 Å². The van der Waals surface area contributed by atoms with Crippen molar-refractivity contribution in [3.8, 4) is 0 Å². The topological polar surface area (TPSA) is 66.5 Å². The molecule has 4 aliphatic rings. The molecule has 24 heavy (non-hydrogen) atoms. The Balaban J connectivity index is 1.41. The number of carbonyl (C=O) groups excluding carboxylic acids is 3. The zero-order chi connectivity index (χ0) is 16.7. The van der Waals surface area contributed by atoms with Crippen LogP contribution in [0.1, 0.15) is 18.4 Å². The number of amides is 3. The van der Waals surface area contributed by atoms with Crippen LogP contribution in [0.25, 0.3) is 0 Å². The quantitative estimate of drug-likeness (QED) is 0.674. The van der Waals surface area contributed by atoms with Gasteiger partial charge in [-0.25, -0.2) is 0 Å². The lowest BCUT2D eigenvalue weighted by atomic mass is 9.63. The number of nitrogens with one attached hydrogen (secondary N) is 1. The molecular formula is C19H20N2O3. The fourth-order valence-corrected chi connectivity index (χ4v) is 4.29. The van der Waals surface area contributed by atoms with E-state index in [0.29, 0.717) is 6.54 Å². The van der Waals surface area contributed by atoms with Crippen LogP contribution in [0.15, 0.2) is 42.5 Å². The van der Waals surface area contributed by atoms with Gasteiger partial charge in [0.15, 0.2) is 0 Å². The van der Waals surface area contributed by atoms with Gasteiger partial charge in [0, 0.05) is 6.54 Å². The number of allylic oxidation sites excluding steroid dienone is 2. The van der Waals surface area contributed by atoms with Gasteiger partial charge in [0.05, 0.1) is 11.8 Å². The number of likely N-dealkylation sites (tertiary alicyclic amines) is 1. The molecule has 3 amide bonds. The van der Waals surface area contributed by atoms with Crippen molar-refractivity contribution >= 4 is 17.7 Å². The summed E-state index contributed by atoms with van der Waals surface area (Å²) in [6.45, 7) is 0.229. The van der Waals surface area contributed by atoms with E-state index in [4.69, 9.17) is 0 Å². The van der Waals surface area contributed by atoms with Crippen LogP contribution in [0.2, 0.25) is 0 Å². The van der Waals surface area contributed by atoms with Crippen LogP contribution in [0.4, 0.5) is 0 Å². The minimum Gasteiger partial charge on any atom is -0.350 e. The first kappa shape index (κ1) is 15.1. The van der Waals surface area contributed by atoms with Gasteiger partial charge in [-0.2, -0.15) is 0 Å². The van der Waals surface area contributed by atoms with Crippen LogP contribution < -0.4 is 5.32 Å². The Kier molecular flexibility index (Phi) is 3.71. The summed E-state index contributed by atoms with van der Waals surface area (Å²) >= 11 is 0. The molecule has 1 N–H and O–H groups in total. The molecule has 0 aromatic heterocycles. The van der Waals surface area contributed by atoms with Crippen molar-refractivity contribution in [1.29, 1.82) is 0 Å². The van der Waals surface area contributed by atoms with Crippen molar-refractivity contribution < 1.29 is 14.4 Å². The zero-order valence-electron chi connectivity index (χ0n) is 13.4. The Morgan fingerprint density at radius 2 is 1.58 bits per heavy atom. The molecule has 1 saturated carbocycles. The second kappa shape index (κ2) is 5.89. The third-order valence-corrected chi connectivity index (χ3v) is 5.48. The van der Waals surface area contributed by atoms with Crippen molar-refractivity contribution in [3.05, 3.63) is 48.0 Å². The van der Waals surface area contributed by atoms with Gasteiger partial charge in [0.2, 0.25) is 17.7 Å². The number of imide groups is 1. The lowest BCUT2D eigenvalue weighted by molar-refractivity contribution is -0.143. The number of rotatable bonds is 4. The highest BCUT2D eigenvalue weighted by Crippen LogP contribution is 2.49. The maximum Gasteiger partial charge on any atom is 0.240 e. The summed E-state index contributed by atoms with van der Waals surface area (Å²) in [5.41, 5.74) is 0.987. The van der Waals surface area contributed by atoms with Gasteiger partial charge in [-0.05, 0) is 30.2 Å². The lowest BCUT2D eigenvalue weighted by Gasteiger charge is -2.38. The highest BCUT2D eigenvalue weighted by molar-refractivity contribution is 6.08. The van der Waals surface area contributed by atoms with Crippen molar-refractivity contribution in [2.75, 3.05) is 6.54 Å². The number of carbonyl (C=O) groups is 3. The average molecular weight is 324 g/mol. The Morgan fingerprint density at radius 3 is 2.12 bits per heavy atom. The van der Waals surface area contributed by atoms with E-state index in [2.05, 4.69) is 17.5 Å². The molecule has 3 aliphatic carbocycles. The van der Waals surface area contributed by atoms with Crippen molar-refractivity contribution in [2.24, 2.45) is 23.7 Å². The SMILES string of the molecule is O=C(CN1C(=O)C2C3C=CC(CC3)C2C1=O)NCc1ccccc1. The van der Waals surface area contributed by atoms with Gasteiger partial charge in [0.1, 0.15) is 6.54 Å². The third kappa shape index (κ3) is 2.44. The molecule has 0 spiro atoms. The van der Waals surface area contributed by atoms with Crippen molar-refractivity contribution in [2.45, 2.75) is 19.4 Å². The molecule has 124 valence electrons. The fraction of sp³-hybridized carbons (Fsp3) is 0.421. The summed E-state index contributed by atoms with van der Waals surface area (Å²) < 4.78 is 0. The second-order valence-electron chi connectivity index (χ2n) is 6.87. The number of nitrogens with zero attached hydrogens (tertiary/aromatic N) is 1. The van der Waals surface area contributed by atoms with E-state index in [1.165, 1.54) is 4.90 Å². The summed E-state index contributed by atoms with van der Waals surface area (Å²) in [6, 6.07) is 9.57. The Morgan fingerprint density at radius 1 is 1.00 bits per heavy atom. The normalized spacial score (nSPS) is 30.6. The molecule has 5 heteroatoms. The van der Waals surface area contributed by atoms with E-state index in [1.54, 1.807) is 0 Å². The van der Waals surface area contributed by atoms with E-state index in [0.717, 1.165) is 18.4 Å². The predicted octanol–water partition coefficient (Wildman–Crippen LogP) is 1.50. The minimum atomic E-state index is -0.292. The maximum atomic E-state index is 12.6. The van der Waals surface area contributed by atoms with Crippen molar-refractivity contribution in [1.82, 2.24) is 10.2 Å². The number of hydrogen-bond acceptors (Lipinski definition) is 3. The second-order valence-corrected chi connectivity index (χ2v) is 6.87. The van der Waals surface area contributed by atoms with Crippen LogP contribution in [0.5, 0.6) is 0 Å². The molecule has 1 aromatic rings. The largest absolute Gasteiger partial charge is 0.350 e. The van der Waals surface area contributed by atoms with E-state index >= 15 is 0 Å². The van der Waals surface area contributed by atoms with Gasteiger partial charge in [-0.3, -0.25) is 19.3 Å². The molecule has 4 unspecified atom stereocenters. The number of benzene rings is 1. The summed E-state index contributed by atoms with van der Waals surface area (Å²) in [4.78, 5) is 38.6. The highest BCUT2D eigenvalue weighted by atomic mass is 16.2. The summed E-state index contributed by atoms with van der Waals surface area (Å²) in [7, 11) is 0. The van der Waals surface area contributed by atoms with E-state index < -0.39 is 0 Å². The molecule has 5 rings (SSSR count). The summed E-state index contributed by atoms with van der Waals surface area (Å²) in [5.74, 6) is -0.800. The molecule has 2 fully saturated rings. The van der Waals surface area contributed by atoms with Gasteiger partial charge in [0.25, 0.3) is 0 Å². The number of hydrogen-bond donors (Lipinski definition) is 1. The van der Waals surface area contributed by atoms with Crippen LogP contribution in [-0.4, -0.2) is 29.2 Å². The lowest BCUT2D eigenvalue weighted by Crippen LogP contribution is -2.41. The van der Waals surface area contributed by atoms with Crippen LogP contribution in [-0.2, 0) is 20.9 Å². The maximum absolute atomic E-state index is 12.6. The molecule has 5 nitrogen and oxygen atoms in total. The predicted molar refractivity (Wildman–Crippen MR) is 87.3 cm³/mol. The van der Waals surface area contributed by atoms with Gasteiger partial charge in [-0.1, -0.05) is 42.5 Å². The Labute approximate surface area is 140 Å². The Hall–Kier alpha value is -2.43. The molecule has 1 aromatic carbocycles. The first-order chi connectivity index (χ1) is 11.6. The minimum absolute atomic E-state index is 0.161. The molecule has 1 aliphatic heterocycles. The molecule has 1 heterocycles. The molecule has 2 bridgehead atoms. The first-order valence-electron chi connectivity index (χ1n) is 8.49. The summed E-state index contributed by atoms with van der Waals surface area (Å²) in [6.07, 6.45) is 6.10. The monoisotopic (exact) mass is 324 g/mol. The third-order valence-electron chi connectivity index (χ3n) is 5.48. The van der Waals surface area contributed by atoms with Gasteiger partial charge < -0.3 is 5.32 Å². The van der Waals surface area contributed by atoms with Crippen LogP contribution in [0.3, 0.4) is 0 Å². The number of fused-ring (bicyclic) bond motifs is 1. The smallest absolute Gasteiger partial charge is 0.240 e. The fourth-order valence-electron chi connectivity index (χ4n) is 4.29. The van der Waals surface area contributed by atoms with E-state index in [9.17, 15) is 14.4 Å². The van der Waals surface area contributed by atoms with Gasteiger partial charge >= 0.3 is 0 Å². The molecular weight excluding hydrogens is 304 g/mol. The first-order valence-corrected chi connectivity index (χ1v) is 8.49. The van der Waals surface area contributed by atoms with Crippen LogP contribution >= 0.6 is 0 Å². The Bertz CT molecular complexity index is 681. The highest BCUT2D eigenvalue weighted by Gasteiger charge is 2.56. The molecule has 4 atom stereocenters. The molecule has 0 radical (unpaired) electrons. The molecule has 1 saturated heterocycles. The van der Waals surface area contributed by atoms with Crippen molar-refractivity contribution in [3.63, 3.8) is 0 Å². The zero-order valence-corrected chi connectivity index (χ0v) is 13.4. The summed E-state index contributed by atoms with van der Waals surface area (Å²) in [5, 5.41) is 2.79. The van der Waals surface area contributed by atoms with Gasteiger partial charge in [-0.15, -0.1) is 0 Å².